The maximum absolute atomic E-state index is 12.1. The molecule has 3 N–H and O–H groups in total. The van der Waals surface area contributed by atoms with Crippen molar-refractivity contribution >= 4 is 17.6 Å². The van der Waals surface area contributed by atoms with E-state index in [0.717, 1.165) is 5.69 Å². The summed E-state index contributed by atoms with van der Waals surface area (Å²) in [7, 11) is 1.50. The van der Waals surface area contributed by atoms with Crippen molar-refractivity contribution in [3.05, 3.63) is 54.4 Å². The molecule has 1 aromatic heterocycles. The molecular weight excluding hydrogens is 310 g/mol. The summed E-state index contributed by atoms with van der Waals surface area (Å²) in [6.07, 6.45) is 1.42. The fraction of sp³-hybridized carbons (Fsp3) is 0.235. The zero-order chi connectivity index (χ0) is 17.4. The van der Waals surface area contributed by atoms with Crippen molar-refractivity contribution in [3.63, 3.8) is 0 Å². The van der Waals surface area contributed by atoms with E-state index in [1.807, 2.05) is 6.07 Å². The quantitative estimate of drug-likeness (QED) is 0.666. The number of benzene rings is 1. The van der Waals surface area contributed by atoms with Crippen LogP contribution in [0.4, 0.5) is 5.69 Å². The minimum absolute atomic E-state index is 0.215. The largest absolute Gasteiger partial charge is 0.544 e. The van der Waals surface area contributed by atoms with Crippen LogP contribution in [0, 0.1) is 0 Å². The smallest absolute Gasteiger partial charge is 0.230 e. The summed E-state index contributed by atoms with van der Waals surface area (Å²) >= 11 is 0. The number of nitrogens with one attached hydrogen (secondary N) is 1. The summed E-state index contributed by atoms with van der Waals surface area (Å²) in [6, 6.07) is 11.3. The number of anilines is 1. The van der Waals surface area contributed by atoms with E-state index in [9.17, 15) is 14.7 Å². The number of amides is 1. The lowest BCUT2D eigenvalue weighted by atomic mass is 10.2. The minimum atomic E-state index is -1.29. The lowest BCUT2D eigenvalue weighted by Crippen LogP contribution is -2.92. The van der Waals surface area contributed by atoms with Gasteiger partial charge < -0.3 is 25.3 Å². The van der Waals surface area contributed by atoms with Gasteiger partial charge in [0.1, 0.15) is 18.3 Å². The van der Waals surface area contributed by atoms with Gasteiger partial charge in [0.15, 0.2) is 0 Å². The number of aromatic nitrogens is 1. The number of methoxy groups -OCH3 is 1. The molecule has 24 heavy (non-hydrogen) atoms. The molecule has 0 radical (unpaired) electrons. The molecule has 0 saturated heterocycles. The van der Waals surface area contributed by atoms with Gasteiger partial charge in [0.25, 0.3) is 0 Å². The summed E-state index contributed by atoms with van der Waals surface area (Å²) in [4.78, 5) is 27.5. The Morgan fingerprint density at radius 2 is 2.00 bits per heavy atom. The molecule has 0 spiro atoms. The van der Waals surface area contributed by atoms with E-state index in [0.29, 0.717) is 18.0 Å². The van der Waals surface area contributed by atoms with Crippen molar-refractivity contribution in [3.8, 4) is 5.75 Å². The van der Waals surface area contributed by atoms with Crippen LogP contribution in [0.25, 0.3) is 0 Å². The topological polar surface area (TPSA) is 108 Å². The Balaban J connectivity index is 1.94. The van der Waals surface area contributed by atoms with Crippen LogP contribution in [0.3, 0.4) is 0 Å². The second kappa shape index (κ2) is 8.64. The van der Waals surface area contributed by atoms with Crippen LogP contribution in [0.2, 0.25) is 0 Å². The monoisotopic (exact) mass is 329 g/mol. The normalized spacial score (nSPS) is 11.5. The molecule has 2 aromatic rings. The van der Waals surface area contributed by atoms with Crippen LogP contribution in [0.1, 0.15) is 12.1 Å². The Bertz CT molecular complexity index is 691. The molecule has 0 saturated carbocycles. The third-order valence-corrected chi connectivity index (χ3v) is 3.43. The van der Waals surface area contributed by atoms with Crippen LogP contribution in [0.5, 0.6) is 5.75 Å². The summed E-state index contributed by atoms with van der Waals surface area (Å²) in [5.74, 6) is -1.21. The number of rotatable bonds is 8. The third-order valence-electron chi connectivity index (χ3n) is 3.43. The highest BCUT2D eigenvalue weighted by Gasteiger charge is 2.19. The minimum Gasteiger partial charge on any atom is -0.544 e. The number of carbonyl (C=O) groups is 2. The average molecular weight is 329 g/mol. The number of carboxylic acids is 1. The summed E-state index contributed by atoms with van der Waals surface area (Å²) < 4.78 is 5.14. The van der Waals surface area contributed by atoms with Gasteiger partial charge in [-0.05, 0) is 24.3 Å². The van der Waals surface area contributed by atoms with E-state index in [1.165, 1.54) is 12.4 Å². The van der Waals surface area contributed by atoms with Gasteiger partial charge in [-0.15, -0.1) is 0 Å². The first-order valence-electron chi connectivity index (χ1n) is 7.47. The van der Waals surface area contributed by atoms with Gasteiger partial charge in [0, 0.05) is 6.20 Å². The first-order valence-corrected chi connectivity index (χ1v) is 7.47. The number of carboxylic acid groups (broad SMARTS) is 1. The first kappa shape index (κ1) is 17.4. The number of carbonyl (C=O) groups excluding carboxylic acids is 2. The van der Waals surface area contributed by atoms with Gasteiger partial charge in [0.2, 0.25) is 5.91 Å². The molecule has 0 bridgehead atoms. The Kier molecular flexibility index (Phi) is 6.27. The fourth-order valence-corrected chi connectivity index (χ4v) is 2.19. The van der Waals surface area contributed by atoms with E-state index >= 15 is 0 Å². The van der Waals surface area contributed by atoms with Crippen molar-refractivity contribution in [1.29, 1.82) is 0 Å². The molecule has 1 atom stereocenters. The maximum atomic E-state index is 12.1. The number of aliphatic carboxylic acids is 1. The number of hydrogen-bond donors (Lipinski definition) is 2. The molecule has 0 fully saturated rings. The summed E-state index contributed by atoms with van der Waals surface area (Å²) in [6.45, 7) is 0.349. The van der Waals surface area contributed by atoms with Crippen LogP contribution in [-0.2, 0) is 16.1 Å². The number of quaternary nitrogens is 1. The Morgan fingerprint density at radius 1 is 1.25 bits per heavy atom. The van der Waals surface area contributed by atoms with Gasteiger partial charge in [-0.25, -0.2) is 0 Å². The molecule has 0 aliphatic carbocycles. The molecule has 126 valence electrons. The van der Waals surface area contributed by atoms with Crippen molar-refractivity contribution in [1.82, 2.24) is 4.98 Å². The standard InChI is InChI=1S/C17H19N3O4/c1-24-15-8-3-2-7-13(15)20-16(21)10-14(17(22)23)19-11-12-6-4-5-9-18-12/h2-9,14,19H,10-11H2,1H3,(H,20,21)(H,22,23)/t14-/m0/s1. The highest BCUT2D eigenvalue weighted by atomic mass is 16.5. The molecule has 0 aliphatic rings. The van der Waals surface area contributed by atoms with Crippen molar-refractivity contribution in [2.45, 2.75) is 19.0 Å². The van der Waals surface area contributed by atoms with Gasteiger partial charge in [-0.2, -0.15) is 0 Å². The zero-order valence-electron chi connectivity index (χ0n) is 13.3. The molecule has 1 amide bonds. The lowest BCUT2D eigenvalue weighted by molar-refractivity contribution is -0.697. The van der Waals surface area contributed by atoms with Gasteiger partial charge in [0.05, 0.1) is 30.9 Å². The Labute approximate surface area is 139 Å². The molecule has 1 heterocycles. The number of ether oxygens (including phenoxy) is 1. The average Bonchev–Trinajstić information content (AvgIpc) is 2.59. The highest BCUT2D eigenvalue weighted by molar-refractivity contribution is 5.94. The molecule has 7 heteroatoms. The lowest BCUT2D eigenvalue weighted by Gasteiger charge is -2.16. The van der Waals surface area contributed by atoms with Gasteiger partial charge >= 0.3 is 0 Å². The number of hydrogen-bond acceptors (Lipinski definition) is 5. The molecule has 0 unspecified atom stereocenters. The second-order valence-corrected chi connectivity index (χ2v) is 5.14. The fourth-order valence-electron chi connectivity index (χ4n) is 2.19. The number of nitrogens with zero attached hydrogens (tertiary/aromatic N) is 1. The Morgan fingerprint density at radius 3 is 2.67 bits per heavy atom. The van der Waals surface area contributed by atoms with E-state index in [1.54, 1.807) is 42.6 Å². The van der Waals surface area contributed by atoms with Crippen LogP contribution in [-0.4, -0.2) is 30.0 Å². The van der Waals surface area contributed by atoms with Crippen LogP contribution < -0.4 is 20.5 Å². The van der Waals surface area contributed by atoms with Gasteiger partial charge in [-0.3, -0.25) is 9.78 Å². The molecule has 2 rings (SSSR count). The summed E-state index contributed by atoms with van der Waals surface area (Å²) in [5.41, 5.74) is 1.22. The summed E-state index contributed by atoms with van der Waals surface area (Å²) in [5, 5.41) is 15.4. The van der Waals surface area contributed by atoms with E-state index in [-0.39, 0.29) is 6.42 Å². The molecule has 7 nitrogen and oxygen atoms in total. The second-order valence-electron chi connectivity index (χ2n) is 5.14. The third kappa shape index (κ3) is 5.06. The highest BCUT2D eigenvalue weighted by Crippen LogP contribution is 2.23. The molecule has 0 aliphatic heterocycles. The zero-order valence-corrected chi connectivity index (χ0v) is 13.3. The van der Waals surface area contributed by atoms with Crippen molar-refractivity contribution in [2.24, 2.45) is 0 Å². The van der Waals surface area contributed by atoms with E-state index in [2.05, 4.69) is 10.3 Å². The number of pyridine rings is 1. The van der Waals surface area contributed by atoms with E-state index in [4.69, 9.17) is 4.74 Å². The van der Waals surface area contributed by atoms with Gasteiger partial charge in [-0.1, -0.05) is 18.2 Å². The van der Waals surface area contributed by atoms with Crippen LogP contribution >= 0.6 is 0 Å². The van der Waals surface area contributed by atoms with Crippen LogP contribution in [0.15, 0.2) is 48.7 Å². The van der Waals surface area contributed by atoms with Crippen molar-refractivity contribution in [2.75, 3.05) is 12.4 Å². The SMILES string of the molecule is COc1ccccc1NC(=O)C[C@H]([NH2+]Cc1ccccn1)C(=O)[O-]. The predicted octanol–water partition coefficient (Wildman–Crippen LogP) is -0.699. The number of nitrogens with two attached hydrogens (primary N) is 1. The Hall–Kier alpha value is -2.93. The first-order chi connectivity index (χ1) is 11.6. The molecular formula is C17H19N3O4. The number of para-hydroxylation sites is 2. The molecule has 1 aromatic carbocycles. The van der Waals surface area contributed by atoms with E-state index < -0.39 is 17.9 Å². The predicted molar refractivity (Wildman–Crippen MR) is 84.9 cm³/mol. The maximum Gasteiger partial charge on any atom is 0.230 e. The van der Waals surface area contributed by atoms with Crippen molar-refractivity contribution < 1.29 is 24.7 Å².